The van der Waals surface area contributed by atoms with E-state index in [1.54, 1.807) is 0 Å². The van der Waals surface area contributed by atoms with Crippen LogP contribution in [0.15, 0.2) is 10.9 Å². The van der Waals surface area contributed by atoms with Crippen LogP contribution >= 0.6 is 12.4 Å². The Morgan fingerprint density at radius 1 is 1.38 bits per heavy atom. The van der Waals surface area contributed by atoms with Crippen molar-refractivity contribution < 1.29 is 13.2 Å². The Hall–Kier alpha value is -1.08. The van der Waals surface area contributed by atoms with Crippen LogP contribution in [-0.4, -0.2) is 9.97 Å². The van der Waals surface area contributed by atoms with Crippen molar-refractivity contribution in [1.29, 1.82) is 0 Å². The van der Waals surface area contributed by atoms with Crippen LogP contribution in [0.3, 0.4) is 0 Å². The molecule has 1 aromatic rings. The first-order valence-corrected chi connectivity index (χ1v) is 4.08. The van der Waals surface area contributed by atoms with E-state index in [1.165, 1.54) is 13.8 Å². The molecule has 0 aromatic carbocycles. The lowest BCUT2D eigenvalue weighted by Gasteiger charge is -2.18. The lowest BCUT2D eigenvalue weighted by atomic mass is 10.1. The zero-order valence-electron chi connectivity index (χ0n) is 8.55. The first kappa shape index (κ1) is 14.9. The molecule has 0 bridgehead atoms. The van der Waals surface area contributed by atoms with Gasteiger partial charge in [-0.25, -0.2) is 4.98 Å². The third-order valence-electron chi connectivity index (χ3n) is 1.64. The summed E-state index contributed by atoms with van der Waals surface area (Å²) < 4.78 is 36.8. The average molecular weight is 258 g/mol. The van der Waals surface area contributed by atoms with Crippen molar-refractivity contribution in [2.24, 2.45) is 5.73 Å². The van der Waals surface area contributed by atoms with E-state index < -0.39 is 23.0 Å². The topological polar surface area (TPSA) is 71.8 Å². The Kier molecular flexibility index (Phi) is 4.12. The number of alkyl halides is 3. The lowest BCUT2D eigenvalue weighted by Crippen LogP contribution is -2.34. The van der Waals surface area contributed by atoms with Crippen LogP contribution in [0.5, 0.6) is 0 Å². The highest BCUT2D eigenvalue weighted by molar-refractivity contribution is 5.85. The monoisotopic (exact) mass is 257 g/mol. The average Bonchev–Trinajstić information content (AvgIpc) is 1.99. The van der Waals surface area contributed by atoms with E-state index in [0.29, 0.717) is 6.07 Å². The Bertz CT molecular complexity index is 387. The lowest BCUT2D eigenvalue weighted by molar-refractivity contribution is -0.141. The second-order valence-corrected chi connectivity index (χ2v) is 3.70. The fraction of sp³-hybridized carbons (Fsp3) is 0.500. The fourth-order valence-electron chi connectivity index (χ4n) is 0.908. The highest BCUT2D eigenvalue weighted by atomic mass is 35.5. The van der Waals surface area contributed by atoms with Gasteiger partial charge >= 0.3 is 6.18 Å². The molecule has 1 rings (SSSR count). The quantitative estimate of drug-likeness (QED) is 0.799. The van der Waals surface area contributed by atoms with E-state index in [4.69, 9.17) is 5.73 Å². The van der Waals surface area contributed by atoms with Crippen molar-refractivity contribution in [2.75, 3.05) is 0 Å². The predicted octanol–water partition coefficient (Wildman–Crippen LogP) is 1.40. The Balaban J connectivity index is 0.00000225. The molecule has 16 heavy (non-hydrogen) atoms. The smallest absolute Gasteiger partial charge is 0.319 e. The van der Waals surface area contributed by atoms with Gasteiger partial charge in [0.25, 0.3) is 5.56 Å². The maximum Gasteiger partial charge on any atom is 0.433 e. The largest absolute Gasteiger partial charge is 0.433 e. The molecule has 0 saturated heterocycles. The number of nitrogens with zero attached hydrogens (tertiary/aromatic N) is 1. The maximum absolute atomic E-state index is 12.3. The highest BCUT2D eigenvalue weighted by Crippen LogP contribution is 2.27. The molecule has 1 aromatic heterocycles. The second kappa shape index (κ2) is 4.42. The summed E-state index contributed by atoms with van der Waals surface area (Å²) in [5.41, 5.74) is 2.31. The molecule has 0 spiro atoms. The molecular weight excluding hydrogens is 247 g/mol. The van der Waals surface area contributed by atoms with E-state index in [2.05, 4.69) is 9.97 Å². The van der Waals surface area contributed by atoms with Crippen molar-refractivity contribution in [3.8, 4) is 0 Å². The number of nitrogens with one attached hydrogen (secondary N) is 1. The number of hydrogen-bond donors (Lipinski definition) is 2. The van der Waals surface area contributed by atoms with Crippen molar-refractivity contribution >= 4 is 12.4 Å². The molecule has 4 nitrogen and oxygen atoms in total. The zero-order valence-corrected chi connectivity index (χ0v) is 9.37. The summed E-state index contributed by atoms with van der Waals surface area (Å²) >= 11 is 0. The van der Waals surface area contributed by atoms with Gasteiger partial charge < -0.3 is 10.7 Å². The number of rotatable bonds is 1. The van der Waals surface area contributed by atoms with Crippen LogP contribution in [0.25, 0.3) is 0 Å². The molecule has 0 saturated carbocycles. The van der Waals surface area contributed by atoms with Crippen LogP contribution < -0.4 is 11.3 Å². The van der Waals surface area contributed by atoms with Crippen molar-refractivity contribution in [3.05, 3.63) is 27.9 Å². The Morgan fingerprint density at radius 2 is 1.88 bits per heavy atom. The third-order valence-corrected chi connectivity index (χ3v) is 1.64. The minimum atomic E-state index is -4.64. The van der Waals surface area contributed by atoms with Gasteiger partial charge in [-0.1, -0.05) is 0 Å². The molecule has 0 amide bonds. The Labute approximate surface area is 95.5 Å². The molecule has 0 aliphatic rings. The van der Waals surface area contributed by atoms with E-state index in [9.17, 15) is 18.0 Å². The first-order chi connectivity index (χ1) is 6.60. The van der Waals surface area contributed by atoms with E-state index in [-0.39, 0.29) is 18.2 Å². The van der Waals surface area contributed by atoms with Crippen molar-refractivity contribution in [2.45, 2.75) is 25.6 Å². The molecule has 0 fully saturated rings. The SMILES string of the molecule is CC(C)(N)c1nc(C(F)(F)F)cc(=O)[nH]1.Cl. The fourth-order valence-corrected chi connectivity index (χ4v) is 0.908. The molecule has 0 radical (unpaired) electrons. The molecule has 3 N–H and O–H groups in total. The van der Waals surface area contributed by atoms with Gasteiger partial charge in [-0.2, -0.15) is 13.2 Å². The summed E-state index contributed by atoms with van der Waals surface area (Å²) in [6, 6.07) is 0.398. The molecule has 0 unspecified atom stereocenters. The van der Waals surface area contributed by atoms with Gasteiger partial charge in [0.1, 0.15) is 5.82 Å². The van der Waals surface area contributed by atoms with Gasteiger partial charge in [-0.05, 0) is 13.8 Å². The second-order valence-electron chi connectivity index (χ2n) is 3.70. The summed E-state index contributed by atoms with van der Waals surface area (Å²) in [5, 5.41) is 0. The number of aromatic nitrogens is 2. The molecular formula is C8H11ClF3N3O. The summed E-state index contributed by atoms with van der Waals surface area (Å²) in [7, 11) is 0. The molecule has 0 atom stereocenters. The van der Waals surface area contributed by atoms with Gasteiger partial charge in [0.05, 0.1) is 5.54 Å². The molecule has 0 aliphatic heterocycles. The molecule has 1 heterocycles. The molecule has 92 valence electrons. The van der Waals surface area contributed by atoms with Crippen molar-refractivity contribution in [1.82, 2.24) is 9.97 Å². The summed E-state index contributed by atoms with van der Waals surface area (Å²) in [6.07, 6.45) is -4.64. The number of H-pyrrole nitrogens is 1. The predicted molar refractivity (Wildman–Crippen MR) is 54.3 cm³/mol. The number of halogens is 4. The normalized spacial score (nSPS) is 12.1. The van der Waals surface area contributed by atoms with E-state index >= 15 is 0 Å². The number of hydrogen-bond acceptors (Lipinski definition) is 3. The van der Waals surface area contributed by atoms with E-state index in [0.717, 1.165) is 0 Å². The maximum atomic E-state index is 12.3. The van der Waals surface area contributed by atoms with Crippen LogP contribution in [-0.2, 0) is 11.7 Å². The molecule has 0 aliphatic carbocycles. The van der Waals surface area contributed by atoms with Gasteiger partial charge in [0.2, 0.25) is 0 Å². The zero-order chi connectivity index (χ0) is 11.9. The van der Waals surface area contributed by atoms with Gasteiger partial charge in [-0.3, -0.25) is 4.79 Å². The minimum absolute atomic E-state index is 0. The summed E-state index contributed by atoms with van der Waals surface area (Å²) in [5.74, 6) is -0.192. The summed E-state index contributed by atoms with van der Waals surface area (Å²) in [6.45, 7) is 2.90. The van der Waals surface area contributed by atoms with Crippen LogP contribution in [0, 0.1) is 0 Å². The first-order valence-electron chi connectivity index (χ1n) is 4.08. The van der Waals surface area contributed by atoms with Crippen LogP contribution in [0.1, 0.15) is 25.4 Å². The number of nitrogens with two attached hydrogens (primary N) is 1. The van der Waals surface area contributed by atoms with Crippen molar-refractivity contribution in [3.63, 3.8) is 0 Å². The van der Waals surface area contributed by atoms with E-state index in [1.807, 2.05) is 0 Å². The van der Waals surface area contributed by atoms with Crippen LogP contribution in [0.4, 0.5) is 13.2 Å². The summed E-state index contributed by atoms with van der Waals surface area (Å²) in [4.78, 5) is 16.4. The standard InChI is InChI=1S/C8H10F3N3O.ClH/c1-7(2,12)6-13-4(8(9,10)11)3-5(15)14-6;/h3H,12H2,1-2H3,(H,13,14,15);1H. The third kappa shape index (κ3) is 3.49. The van der Waals surface area contributed by atoms with Gasteiger partial charge in [0, 0.05) is 6.07 Å². The Morgan fingerprint density at radius 3 is 2.25 bits per heavy atom. The highest BCUT2D eigenvalue weighted by Gasteiger charge is 2.34. The van der Waals surface area contributed by atoms with Gasteiger partial charge in [-0.15, -0.1) is 12.4 Å². The minimum Gasteiger partial charge on any atom is -0.319 e. The molecule has 8 heteroatoms. The number of aromatic amines is 1. The van der Waals surface area contributed by atoms with Crippen LogP contribution in [0.2, 0.25) is 0 Å². The van der Waals surface area contributed by atoms with Gasteiger partial charge in [0.15, 0.2) is 5.69 Å².